The zero-order valence-electron chi connectivity index (χ0n) is 13.1. The molecule has 0 fully saturated rings. The van der Waals surface area contributed by atoms with Crippen LogP contribution in [0.1, 0.15) is 5.56 Å². The van der Waals surface area contributed by atoms with Gasteiger partial charge in [-0.1, -0.05) is 0 Å². The van der Waals surface area contributed by atoms with Crippen LogP contribution >= 0.6 is 11.3 Å². The molecule has 0 saturated heterocycles. The number of nitrogens with two attached hydrogens (primary N) is 1. The van der Waals surface area contributed by atoms with Crippen molar-refractivity contribution in [3.05, 3.63) is 35.3 Å². The van der Waals surface area contributed by atoms with Crippen LogP contribution in [0.25, 0.3) is 21.8 Å². The molecule has 2 aromatic heterocycles. The molecule has 1 aliphatic rings. The number of pyridine rings is 1. The lowest BCUT2D eigenvalue weighted by Crippen LogP contribution is -2.00. The van der Waals surface area contributed by atoms with Crippen molar-refractivity contribution in [2.24, 2.45) is 0 Å². The fourth-order valence-electron chi connectivity index (χ4n) is 2.65. The van der Waals surface area contributed by atoms with Gasteiger partial charge in [0.15, 0.2) is 11.5 Å². The molecule has 25 heavy (non-hydrogen) atoms. The molecular formula is C17H12N4O3S. The number of nitrogens with zero attached hydrogens (tertiary/aromatic N) is 3. The van der Waals surface area contributed by atoms with Crippen LogP contribution in [0.5, 0.6) is 17.2 Å². The van der Waals surface area contributed by atoms with E-state index in [1.54, 1.807) is 31.5 Å². The molecular weight excluding hydrogens is 340 g/mol. The molecule has 1 aromatic carbocycles. The Kier molecular flexibility index (Phi) is 3.63. The number of rotatable bonds is 3. The highest BCUT2D eigenvalue weighted by molar-refractivity contribution is 7.13. The van der Waals surface area contributed by atoms with Crippen LogP contribution in [0, 0.1) is 11.3 Å². The summed E-state index contributed by atoms with van der Waals surface area (Å²) in [5, 5.41) is 12.1. The summed E-state index contributed by atoms with van der Waals surface area (Å²) in [7, 11) is 1.55. The fourth-order valence-corrected chi connectivity index (χ4v) is 3.25. The van der Waals surface area contributed by atoms with Crippen molar-refractivity contribution in [1.29, 1.82) is 5.26 Å². The van der Waals surface area contributed by atoms with Crippen molar-refractivity contribution in [2.75, 3.05) is 19.6 Å². The molecule has 7 nitrogen and oxygen atoms in total. The SMILES string of the molecule is COc1cc(-c2cc(-c3nccs3)nc(N)c2C#N)cc2c1OCO2. The monoisotopic (exact) mass is 352 g/mol. The van der Waals surface area contributed by atoms with Gasteiger partial charge in [-0.05, 0) is 23.8 Å². The van der Waals surface area contributed by atoms with Crippen LogP contribution < -0.4 is 19.9 Å². The average Bonchev–Trinajstić information content (AvgIpc) is 3.31. The molecule has 3 heterocycles. The fraction of sp³-hybridized carbons (Fsp3) is 0.118. The molecule has 3 aromatic rings. The highest BCUT2D eigenvalue weighted by atomic mass is 32.1. The topological polar surface area (TPSA) is 103 Å². The van der Waals surface area contributed by atoms with Crippen LogP contribution in [0.4, 0.5) is 5.82 Å². The van der Waals surface area contributed by atoms with E-state index in [0.717, 1.165) is 10.6 Å². The Bertz CT molecular complexity index is 996. The summed E-state index contributed by atoms with van der Waals surface area (Å²) in [5.41, 5.74) is 8.28. The van der Waals surface area contributed by atoms with Gasteiger partial charge in [-0.15, -0.1) is 11.3 Å². The number of anilines is 1. The van der Waals surface area contributed by atoms with Gasteiger partial charge < -0.3 is 19.9 Å². The van der Waals surface area contributed by atoms with Gasteiger partial charge in [0.05, 0.1) is 7.11 Å². The summed E-state index contributed by atoms with van der Waals surface area (Å²) in [6, 6.07) is 7.50. The van der Waals surface area contributed by atoms with Crippen molar-refractivity contribution in [3.8, 4) is 45.1 Å². The quantitative estimate of drug-likeness (QED) is 0.772. The minimum atomic E-state index is 0.128. The van der Waals surface area contributed by atoms with Crippen molar-refractivity contribution < 1.29 is 14.2 Å². The second-order valence-corrected chi connectivity index (χ2v) is 6.07. The highest BCUT2D eigenvalue weighted by Gasteiger charge is 2.23. The zero-order valence-corrected chi connectivity index (χ0v) is 14.0. The number of aromatic nitrogens is 2. The first-order valence-corrected chi connectivity index (χ1v) is 8.17. The molecule has 0 bridgehead atoms. The molecule has 1 aliphatic heterocycles. The number of benzene rings is 1. The first-order chi connectivity index (χ1) is 12.2. The number of hydrogen-bond acceptors (Lipinski definition) is 8. The number of nitriles is 1. The summed E-state index contributed by atoms with van der Waals surface area (Å²) < 4.78 is 16.3. The van der Waals surface area contributed by atoms with E-state index < -0.39 is 0 Å². The molecule has 0 unspecified atom stereocenters. The van der Waals surface area contributed by atoms with Gasteiger partial charge in [-0.3, -0.25) is 0 Å². The van der Waals surface area contributed by atoms with E-state index in [0.29, 0.717) is 34.1 Å². The van der Waals surface area contributed by atoms with Gasteiger partial charge in [0.25, 0.3) is 0 Å². The molecule has 8 heteroatoms. The van der Waals surface area contributed by atoms with Crippen molar-refractivity contribution >= 4 is 17.2 Å². The van der Waals surface area contributed by atoms with Gasteiger partial charge in [-0.2, -0.15) is 5.26 Å². The standard InChI is InChI=1S/C17H12N4O3S/c1-22-13-4-9(5-14-15(13)24-8-23-14)10-6-12(17-20-2-3-25-17)21-16(19)11(10)7-18/h2-6H,8H2,1H3,(H2,19,21). The molecule has 4 rings (SSSR count). The molecule has 0 atom stereocenters. The molecule has 0 radical (unpaired) electrons. The lowest BCUT2D eigenvalue weighted by molar-refractivity contribution is 0.171. The molecule has 124 valence electrons. The van der Waals surface area contributed by atoms with Crippen molar-refractivity contribution in [1.82, 2.24) is 9.97 Å². The number of nitrogen functional groups attached to an aromatic ring is 1. The van der Waals surface area contributed by atoms with Crippen molar-refractivity contribution in [3.63, 3.8) is 0 Å². The van der Waals surface area contributed by atoms with Gasteiger partial charge in [-0.25, -0.2) is 9.97 Å². The average molecular weight is 352 g/mol. The lowest BCUT2D eigenvalue weighted by atomic mass is 9.99. The van der Waals surface area contributed by atoms with E-state index >= 15 is 0 Å². The third kappa shape index (κ3) is 2.51. The number of ether oxygens (including phenoxy) is 3. The smallest absolute Gasteiger partial charge is 0.231 e. The Labute approximate surface area is 147 Å². The van der Waals surface area contributed by atoms with E-state index in [-0.39, 0.29) is 12.6 Å². The summed E-state index contributed by atoms with van der Waals surface area (Å²) in [5.74, 6) is 1.79. The maximum absolute atomic E-state index is 9.53. The number of fused-ring (bicyclic) bond motifs is 1. The predicted molar refractivity (Wildman–Crippen MR) is 92.6 cm³/mol. The third-order valence-electron chi connectivity index (χ3n) is 3.78. The van der Waals surface area contributed by atoms with Crippen LogP contribution in [-0.4, -0.2) is 23.9 Å². The minimum Gasteiger partial charge on any atom is -0.493 e. The van der Waals surface area contributed by atoms with Crippen LogP contribution in [0.3, 0.4) is 0 Å². The summed E-state index contributed by atoms with van der Waals surface area (Å²) in [6.45, 7) is 0.128. The maximum atomic E-state index is 9.53. The third-order valence-corrected chi connectivity index (χ3v) is 4.58. The van der Waals surface area contributed by atoms with Crippen molar-refractivity contribution in [2.45, 2.75) is 0 Å². The van der Waals surface area contributed by atoms with Gasteiger partial charge in [0.2, 0.25) is 12.5 Å². The first-order valence-electron chi connectivity index (χ1n) is 7.29. The Morgan fingerprint density at radius 3 is 2.92 bits per heavy atom. The number of hydrogen-bond donors (Lipinski definition) is 1. The van der Waals surface area contributed by atoms with Gasteiger partial charge >= 0.3 is 0 Å². The molecule has 0 aliphatic carbocycles. The Balaban J connectivity index is 1.95. The van der Waals surface area contributed by atoms with Gasteiger partial charge in [0, 0.05) is 17.1 Å². The Morgan fingerprint density at radius 1 is 1.32 bits per heavy atom. The second-order valence-electron chi connectivity index (χ2n) is 5.18. The maximum Gasteiger partial charge on any atom is 0.231 e. The Morgan fingerprint density at radius 2 is 2.20 bits per heavy atom. The first kappa shape index (κ1) is 15.2. The highest BCUT2D eigenvalue weighted by Crippen LogP contribution is 2.45. The normalized spacial score (nSPS) is 12.0. The predicted octanol–water partition coefficient (Wildman–Crippen LogP) is 3.06. The van der Waals surface area contributed by atoms with E-state index in [2.05, 4.69) is 16.0 Å². The van der Waals surface area contributed by atoms with E-state index in [1.807, 2.05) is 5.38 Å². The van der Waals surface area contributed by atoms with E-state index in [9.17, 15) is 5.26 Å². The molecule has 0 amide bonds. The Hall–Kier alpha value is -3.31. The summed E-state index contributed by atoms with van der Waals surface area (Å²) in [6.07, 6.45) is 1.69. The van der Waals surface area contributed by atoms with E-state index in [1.165, 1.54) is 11.3 Å². The molecule has 0 saturated carbocycles. The minimum absolute atomic E-state index is 0.128. The molecule has 2 N–H and O–H groups in total. The van der Waals surface area contributed by atoms with Crippen LogP contribution in [0.15, 0.2) is 29.8 Å². The van der Waals surface area contributed by atoms with Gasteiger partial charge in [0.1, 0.15) is 28.2 Å². The van der Waals surface area contributed by atoms with Crippen LogP contribution in [0.2, 0.25) is 0 Å². The molecule has 0 spiro atoms. The number of methoxy groups -OCH3 is 1. The number of thiazole rings is 1. The second kappa shape index (κ2) is 5.96. The lowest BCUT2D eigenvalue weighted by Gasteiger charge is -2.11. The largest absolute Gasteiger partial charge is 0.493 e. The zero-order chi connectivity index (χ0) is 17.4. The van der Waals surface area contributed by atoms with Crippen LogP contribution in [-0.2, 0) is 0 Å². The summed E-state index contributed by atoms with van der Waals surface area (Å²) in [4.78, 5) is 8.56. The summed E-state index contributed by atoms with van der Waals surface area (Å²) >= 11 is 1.45. The van der Waals surface area contributed by atoms with E-state index in [4.69, 9.17) is 19.9 Å².